The first-order valence-electron chi connectivity index (χ1n) is 13.7. The Hall–Kier alpha value is -2.88. The molecule has 1 aromatic carbocycles. The molecule has 4 fully saturated rings. The summed E-state index contributed by atoms with van der Waals surface area (Å²) >= 11 is 0. The molecule has 2 aliphatic carbocycles. The minimum absolute atomic E-state index is 0.0383. The van der Waals surface area contributed by atoms with Gasteiger partial charge in [0.2, 0.25) is 5.91 Å². The maximum Gasteiger partial charge on any atom is 0.416 e. The summed E-state index contributed by atoms with van der Waals surface area (Å²) in [6.07, 6.45) is 3.10. The Balaban J connectivity index is 1.22. The van der Waals surface area contributed by atoms with Crippen LogP contribution in [-0.2, 0) is 11.0 Å². The molecule has 2 saturated carbocycles. The zero-order valence-corrected chi connectivity index (χ0v) is 21.3. The van der Waals surface area contributed by atoms with Crippen molar-refractivity contribution in [2.24, 2.45) is 5.41 Å². The van der Waals surface area contributed by atoms with Gasteiger partial charge < -0.3 is 14.9 Å². The van der Waals surface area contributed by atoms with Gasteiger partial charge in [-0.05, 0) is 63.0 Å². The third kappa shape index (κ3) is 4.40. The van der Waals surface area contributed by atoms with Crippen LogP contribution in [0.15, 0.2) is 30.5 Å². The minimum atomic E-state index is -4.48. The number of aliphatic hydroxyl groups is 1. The van der Waals surface area contributed by atoms with Crippen molar-refractivity contribution in [2.45, 2.75) is 75.5 Å². The highest BCUT2D eigenvalue weighted by molar-refractivity contribution is 5.96. The molecule has 1 unspecified atom stereocenters. The molecule has 6 rings (SSSR count). The van der Waals surface area contributed by atoms with E-state index in [0.717, 1.165) is 37.4 Å². The number of carbonyl (C=O) groups excluding carboxylic acids is 2. The van der Waals surface area contributed by atoms with Gasteiger partial charge >= 0.3 is 6.18 Å². The molecular weight excluding hydrogens is 497 g/mol. The normalized spacial score (nSPS) is 23.6. The highest BCUT2D eigenvalue weighted by Crippen LogP contribution is 2.48. The van der Waals surface area contributed by atoms with E-state index in [0.29, 0.717) is 50.9 Å². The molecule has 0 radical (unpaired) electrons. The van der Waals surface area contributed by atoms with Crippen molar-refractivity contribution >= 4 is 11.8 Å². The van der Waals surface area contributed by atoms with Crippen molar-refractivity contribution in [1.29, 1.82) is 0 Å². The molecule has 38 heavy (non-hydrogen) atoms. The number of carbonyl (C=O) groups is 2. The maximum atomic E-state index is 13.8. The average Bonchev–Trinajstić information content (AvgIpc) is 3.83. The number of likely N-dealkylation sites (tertiary alicyclic amines) is 2. The molecule has 1 aromatic heterocycles. The highest BCUT2D eigenvalue weighted by Gasteiger charge is 2.51. The van der Waals surface area contributed by atoms with Crippen LogP contribution < -0.4 is 0 Å². The van der Waals surface area contributed by atoms with Crippen molar-refractivity contribution in [1.82, 2.24) is 19.6 Å². The second-order valence-electron chi connectivity index (χ2n) is 11.4. The van der Waals surface area contributed by atoms with E-state index in [1.165, 1.54) is 12.1 Å². The Morgan fingerprint density at radius 3 is 2.37 bits per heavy atom. The standard InChI is InChI=1S/C28H33F3N4O3/c29-28(30,31)22-5-2-1-4-20(22)23-6-3-13-34(23)25(37)21-16-32-35(24(21)18-7-8-18)19-9-14-33(15-10-19)26(38)27(17-36)11-12-27/h1-2,4-5,16,18-19,23,36H,3,6-15,17H2. The Bertz CT molecular complexity index is 1230. The van der Waals surface area contributed by atoms with Gasteiger partial charge in [-0.1, -0.05) is 18.2 Å². The summed E-state index contributed by atoms with van der Waals surface area (Å²) in [5.74, 6) is 0.0176. The van der Waals surface area contributed by atoms with Gasteiger partial charge in [0.05, 0.1) is 47.1 Å². The van der Waals surface area contributed by atoms with Gasteiger partial charge in [-0.2, -0.15) is 18.3 Å². The quantitative estimate of drug-likeness (QED) is 0.588. The minimum Gasteiger partial charge on any atom is -0.395 e. The van der Waals surface area contributed by atoms with Crippen LogP contribution in [0.2, 0.25) is 0 Å². The second kappa shape index (κ2) is 9.39. The first-order valence-corrected chi connectivity index (χ1v) is 13.7. The fourth-order valence-corrected chi connectivity index (χ4v) is 6.36. The summed E-state index contributed by atoms with van der Waals surface area (Å²) in [6.45, 7) is 1.48. The molecule has 0 spiro atoms. The number of hydrogen-bond acceptors (Lipinski definition) is 4. The SMILES string of the molecule is O=C(c1cnn(C2CCN(C(=O)C3(CO)CC3)CC2)c1C1CC1)N1CCCC1c1ccccc1C(F)(F)F. The summed E-state index contributed by atoms with van der Waals surface area (Å²) in [5, 5.41) is 14.3. The molecule has 2 aromatic rings. The lowest BCUT2D eigenvalue weighted by Gasteiger charge is -2.35. The number of nitrogens with zero attached hydrogens (tertiary/aromatic N) is 4. The van der Waals surface area contributed by atoms with Gasteiger partial charge in [0.1, 0.15) is 0 Å². The van der Waals surface area contributed by atoms with Gasteiger partial charge in [-0.15, -0.1) is 0 Å². The van der Waals surface area contributed by atoms with Crippen LogP contribution in [0.3, 0.4) is 0 Å². The predicted octanol–water partition coefficient (Wildman–Crippen LogP) is 4.69. The third-order valence-electron chi connectivity index (χ3n) is 8.87. The molecule has 1 atom stereocenters. The number of piperidine rings is 1. The number of alkyl halides is 3. The van der Waals surface area contributed by atoms with Crippen molar-refractivity contribution in [3.05, 3.63) is 52.8 Å². The number of aromatic nitrogens is 2. The first kappa shape index (κ1) is 25.4. The van der Waals surface area contributed by atoms with Crippen molar-refractivity contribution < 1.29 is 27.9 Å². The second-order valence-corrected chi connectivity index (χ2v) is 11.4. The van der Waals surface area contributed by atoms with E-state index in [2.05, 4.69) is 5.10 Å². The topological polar surface area (TPSA) is 78.7 Å². The molecule has 204 valence electrons. The summed E-state index contributed by atoms with van der Waals surface area (Å²) in [7, 11) is 0. The lowest BCUT2D eigenvalue weighted by Crippen LogP contribution is -2.44. The van der Waals surface area contributed by atoms with Gasteiger partial charge in [-0.25, -0.2) is 0 Å². The fourth-order valence-electron chi connectivity index (χ4n) is 6.36. The summed E-state index contributed by atoms with van der Waals surface area (Å²) in [6, 6.07) is 5.00. The van der Waals surface area contributed by atoms with Crippen LogP contribution in [0.5, 0.6) is 0 Å². The Morgan fingerprint density at radius 1 is 1.03 bits per heavy atom. The number of hydrogen-bond donors (Lipinski definition) is 1. The van der Waals surface area contributed by atoms with Crippen LogP contribution in [0, 0.1) is 5.41 Å². The largest absolute Gasteiger partial charge is 0.416 e. The fraction of sp³-hybridized carbons (Fsp3) is 0.607. The van der Waals surface area contributed by atoms with E-state index in [-0.39, 0.29) is 35.9 Å². The number of rotatable bonds is 6. The highest BCUT2D eigenvalue weighted by atomic mass is 19.4. The Labute approximate surface area is 219 Å². The maximum absolute atomic E-state index is 13.8. The van der Waals surface area contributed by atoms with Gasteiger partial charge in [0, 0.05) is 25.6 Å². The molecule has 0 bridgehead atoms. The van der Waals surface area contributed by atoms with Crippen molar-refractivity contribution in [3.8, 4) is 0 Å². The number of benzene rings is 1. The molecular formula is C28H33F3N4O3. The molecule has 3 heterocycles. The third-order valence-corrected chi connectivity index (χ3v) is 8.87. The molecule has 2 aliphatic heterocycles. The van der Waals surface area contributed by atoms with E-state index in [1.807, 2.05) is 9.58 Å². The monoisotopic (exact) mass is 530 g/mol. The van der Waals surface area contributed by atoms with Crippen LogP contribution in [-0.4, -0.2) is 62.7 Å². The van der Waals surface area contributed by atoms with E-state index < -0.39 is 23.2 Å². The molecule has 10 heteroatoms. The number of amides is 2. The van der Waals surface area contributed by atoms with Crippen LogP contribution in [0.25, 0.3) is 0 Å². The van der Waals surface area contributed by atoms with Crippen LogP contribution in [0.1, 0.15) is 96.5 Å². The molecule has 2 amide bonds. The smallest absolute Gasteiger partial charge is 0.395 e. The lowest BCUT2D eigenvalue weighted by atomic mass is 9.97. The van der Waals surface area contributed by atoms with Gasteiger partial charge in [0.25, 0.3) is 5.91 Å². The zero-order valence-electron chi connectivity index (χ0n) is 21.3. The average molecular weight is 531 g/mol. The van der Waals surface area contributed by atoms with Gasteiger partial charge in [-0.3, -0.25) is 14.3 Å². The lowest BCUT2D eigenvalue weighted by molar-refractivity contribution is -0.140. The van der Waals surface area contributed by atoms with E-state index >= 15 is 0 Å². The van der Waals surface area contributed by atoms with Crippen LogP contribution >= 0.6 is 0 Å². The van der Waals surface area contributed by atoms with Crippen molar-refractivity contribution in [3.63, 3.8) is 0 Å². The Kier molecular flexibility index (Phi) is 6.28. The van der Waals surface area contributed by atoms with E-state index in [1.54, 1.807) is 17.2 Å². The van der Waals surface area contributed by atoms with Crippen molar-refractivity contribution in [2.75, 3.05) is 26.2 Å². The molecule has 4 aliphatic rings. The summed E-state index contributed by atoms with van der Waals surface area (Å²) in [5.41, 5.74) is 0.287. The number of halogens is 3. The number of aliphatic hydroxyl groups excluding tert-OH is 1. The molecule has 7 nitrogen and oxygen atoms in total. The summed E-state index contributed by atoms with van der Waals surface area (Å²) in [4.78, 5) is 30.1. The molecule has 1 N–H and O–H groups in total. The Morgan fingerprint density at radius 2 is 1.74 bits per heavy atom. The first-order chi connectivity index (χ1) is 18.2. The van der Waals surface area contributed by atoms with E-state index in [9.17, 15) is 27.9 Å². The summed E-state index contributed by atoms with van der Waals surface area (Å²) < 4.78 is 43.2. The zero-order chi connectivity index (χ0) is 26.7. The van der Waals surface area contributed by atoms with Crippen LogP contribution in [0.4, 0.5) is 13.2 Å². The van der Waals surface area contributed by atoms with E-state index in [4.69, 9.17) is 0 Å². The van der Waals surface area contributed by atoms with Gasteiger partial charge in [0.15, 0.2) is 0 Å². The predicted molar refractivity (Wildman–Crippen MR) is 132 cm³/mol. The molecule has 2 saturated heterocycles.